The van der Waals surface area contributed by atoms with E-state index < -0.39 is 0 Å². The molecule has 0 aromatic carbocycles. The fourth-order valence-electron chi connectivity index (χ4n) is 2.93. The van der Waals surface area contributed by atoms with E-state index in [0.29, 0.717) is 12.5 Å². The summed E-state index contributed by atoms with van der Waals surface area (Å²) < 4.78 is 7.90. The lowest BCUT2D eigenvalue weighted by Gasteiger charge is -2.40. The van der Waals surface area contributed by atoms with Crippen LogP contribution >= 0.6 is 0 Å². The quantitative estimate of drug-likeness (QED) is 0.870. The van der Waals surface area contributed by atoms with Crippen LogP contribution in [-0.4, -0.2) is 39.4 Å². The van der Waals surface area contributed by atoms with Gasteiger partial charge in [0.25, 0.3) is 0 Å². The van der Waals surface area contributed by atoms with Gasteiger partial charge in [0.2, 0.25) is 0 Å². The van der Waals surface area contributed by atoms with Crippen LogP contribution in [0.15, 0.2) is 18.5 Å². The van der Waals surface area contributed by atoms with E-state index >= 15 is 0 Å². The third-order valence-electron chi connectivity index (χ3n) is 4.29. The molecule has 1 aliphatic rings. The molecule has 2 aromatic heterocycles. The molecule has 2 aromatic rings. The second-order valence-electron chi connectivity index (χ2n) is 6.78. The molecule has 0 N–H and O–H groups in total. The highest BCUT2D eigenvalue weighted by atomic mass is 16.5. The summed E-state index contributed by atoms with van der Waals surface area (Å²) >= 11 is 0. The number of ether oxygens (including phenoxy) is 1. The fourth-order valence-corrected chi connectivity index (χ4v) is 2.93. The van der Waals surface area contributed by atoms with Crippen molar-refractivity contribution in [3.8, 4) is 0 Å². The predicted molar refractivity (Wildman–Crippen MR) is 89.6 cm³/mol. The highest BCUT2D eigenvalue weighted by Gasteiger charge is 2.35. The van der Waals surface area contributed by atoms with Gasteiger partial charge in [0.15, 0.2) is 0 Å². The first-order valence-electron chi connectivity index (χ1n) is 8.11. The largest absolute Gasteiger partial charge is 0.367 e. The van der Waals surface area contributed by atoms with Crippen LogP contribution in [0, 0.1) is 6.92 Å². The Labute approximate surface area is 137 Å². The number of hydrogen-bond donors (Lipinski definition) is 0. The van der Waals surface area contributed by atoms with Crippen LogP contribution in [0.4, 0.5) is 5.82 Å². The molecule has 1 saturated heterocycles. The van der Waals surface area contributed by atoms with Gasteiger partial charge in [0.05, 0.1) is 19.3 Å². The third-order valence-corrected chi connectivity index (χ3v) is 4.29. The van der Waals surface area contributed by atoms with Crippen LogP contribution in [0.2, 0.25) is 0 Å². The molecule has 3 rings (SSSR count). The zero-order valence-electron chi connectivity index (χ0n) is 14.6. The Hall–Kier alpha value is -1.95. The molecule has 1 unspecified atom stereocenters. The van der Waals surface area contributed by atoms with E-state index in [1.165, 1.54) is 0 Å². The number of hydrogen-bond acceptors (Lipinski definition) is 5. The number of morpholine rings is 1. The van der Waals surface area contributed by atoms with E-state index in [2.05, 4.69) is 41.8 Å². The van der Waals surface area contributed by atoms with Gasteiger partial charge in [0.1, 0.15) is 17.2 Å². The van der Waals surface area contributed by atoms with Gasteiger partial charge in [-0.15, -0.1) is 0 Å². The molecule has 6 heteroatoms. The molecular formula is C17H25N5O. The van der Waals surface area contributed by atoms with Crippen molar-refractivity contribution in [1.29, 1.82) is 0 Å². The second kappa shape index (κ2) is 5.92. The van der Waals surface area contributed by atoms with E-state index in [9.17, 15) is 0 Å². The standard InChI is InChI=1S/C17H25N5O/c1-12(2)16-19-13(3)8-15(20-16)22-6-7-23-17(4,11-22)14-9-18-21(5)10-14/h8-10,12H,6-7,11H2,1-5H3. The zero-order valence-corrected chi connectivity index (χ0v) is 14.6. The minimum Gasteiger partial charge on any atom is -0.367 e. The van der Waals surface area contributed by atoms with Crippen molar-refractivity contribution in [2.24, 2.45) is 7.05 Å². The normalized spacial score (nSPS) is 21.9. The maximum atomic E-state index is 6.09. The Morgan fingerprint density at radius 1 is 1.30 bits per heavy atom. The van der Waals surface area contributed by atoms with Crippen molar-refractivity contribution < 1.29 is 4.74 Å². The topological polar surface area (TPSA) is 56.1 Å². The first kappa shape index (κ1) is 15.9. The molecule has 3 heterocycles. The molecule has 0 amide bonds. The average molecular weight is 315 g/mol. The van der Waals surface area contributed by atoms with Crippen molar-refractivity contribution in [1.82, 2.24) is 19.7 Å². The fraction of sp³-hybridized carbons (Fsp3) is 0.588. The van der Waals surface area contributed by atoms with Gasteiger partial charge in [-0.1, -0.05) is 13.8 Å². The van der Waals surface area contributed by atoms with Gasteiger partial charge in [-0.2, -0.15) is 5.10 Å². The molecule has 0 radical (unpaired) electrons. The summed E-state index contributed by atoms with van der Waals surface area (Å²) in [5, 5.41) is 4.28. The van der Waals surface area contributed by atoms with Crippen molar-refractivity contribution in [3.63, 3.8) is 0 Å². The summed E-state index contributed by atoms with van der Waals surface area (Å²) in [7, 11) is 1.93. The minimum atomic E-state index is -0.372. The van der Waals surface area contributed by atoms with Crippen molar-refractivity contribution in [3.05, 3.63) is 35.5 Å². The summed E-state index contributed by atoms with van der Waals surface area (Å²) in [5.41, 5.74) is 1.73. The maximum Gasteiger partial charge on any atom is 0.133 e. The summed E-state index contributed by atoms with van der Waals surface area (Å²) in [4.78, 5) is 11.6. The Bertz CT molecular complexity index is 696. The number of rotatable bonds is 3. The first-order valence-corrected chi connectivity index (χ1v) is 8.11. The summed E-state index contributed by atoms with van der Waals surface area (Å²) in [5.74, 6) is 2.20. The van der Waals surface area contributed by atoms with Crippen LogP contribution in [0.5, 0.6) is 0 Å². The molecule has 1 atom stereocenters. The van der Waals surface area contributed by atoms with Crippen molar-refractivity contribution >= 4 is 5.82 Å². The maximum absolute atomic E-state index is 6.09. The highest BCUT2D eigenvalue weighted by Crippen LogP contribution is 2.31. The molecule has 1 aliphatic heterocycles. The van der Waals surface area contributed by atoms with Gasteiger partial charge in [-0.05, 0) is 13.8 Å². The molecule has 1 fully saturated rings. The number of aryl methyl sites for hydroxylation is 2. The molecule has 0 aliphatic carbocycles. The van der Waals surface area contributed by atoms with E-state index in [1.54, 1.807) is 0 Å². The van der Waals surface area contributed by atoms with E-state index in [1.807, 2.05) is 31.0 Å². The van der Waals surface area contributed by atoms with E-state index in [-0.39, 0.29) is 5.60 Å². The third kappa shape index (κ3) is 3.22. The molecule has 124 valence electrons. The molecule has 0 bridgehead atoms. The van der Waals surface area contributed by atoms with Crippen LogP contribution in [0.1, 0.15) is 43.8 Å². The smallest absolute Gasteiger partial charge is 0.133 e. The van der Waals surface area contributed by atoms with Crippen molar-refractivity contribution in [2.45, 2.75) is 39.2 Å². The minimum absolute atomic E-state index is 0.319. The first-order chi connectivity index (χ1) is 10.9. The average Bonchev–Trinajstić information content (AvgIpc) is 2.94. The lowest BCUT2D eigenvalue weighted by molar-refractivity contribution is -0.0468. The van der Waals surface area contributed by atoms with Crippen LogP contribution < -0.4 is 4.90 Å². The zero-order chi connectivity index (χ0) is 16.6. The second-order valence-corrected chi connectivity index (χ2v) is 6.78. The Morgan fingerprint density at radius 3 is 2.74 bits per heavy atom. The highest BCUT2D eigenvalue weighted by molar-refractivity contribution is 5.42. The van der Waals surface area contributed by atoms with Gasteiger partial charge in [-0.3, -0.25) is 4.68 Å². The Kier molecular flexibility index (Phi) is 4.10. The SMILES string of the molecule is Cc1cc(N2CCOC(C)(c3cnn(C)c3)C2)nc(C(C)C)n1. The lowest BCUT2D eigenvalue weighted by atomic mass is 9.97. The molecule has 23 heavy (non-hydrogen) atoms. The van der Waals surface area contributed by atoms with Gasteiger partial charge in [-0.25, -0.2) is 9.97 Å². The molecule has 0 saturated carbocycles. The summed E-state index contributed by atoms with van der Waals surface area (Å²) in [6.45, 7) is 10.7. The van der Waals surface area contributed by atoms with Crippen LogP contribution in [0.25, 0.3) is 0 Å². The van der Waals surface area contributed by atoms with Crippen molar-refractivity contribution in [2.75, 3.05) is 24.6 Å². The molecule has 6 nitrogen and oxygen atoms in total. The molecule has 0 spiro atoms. The Balaban J connectivity index is 1.89. The van der Waals surface area contributed by atoms with Gasteiger partial charge >= 0.3 is 0 Å². The lowest BCUT2D eigenvalue weighted by Crippen LogP contribution is -2.48. The molecular weight excluding hydrogens is 290 g/mol. The van der Waals surface area contributed by atoms with E-state index in [0.717, 1.165) is 36.0 Å². The number of aromatic nitrogens is 4. The number of anilines is 1. The predicted octanol–water partition coefficient (Wildman–Crippen LogP) is 2.39. The van der Waals surface area contributed by atoms with Gasteiger partial charge < -0.3 is 9.64 Å². The Morgan fingerprint density at radius 2 is 2.09 bits per heavy atom. The van der Waals surface area contributed by atoms with Gasteiger partial charge in [0, 0.05) is 43.0 Å². The summed E-state index contributed by atoms with van der Waals surface area (Å²) in [6, 6.07) is 2.06. The summed E-state index contributed by atoms with van der Waals surface area (Å²) in [6.07, 6.45) is 3.91. The van der Waals surface area contributed by atoms with Crippen LogP contribution in [-0.2, 0) is 17.4 Å². The van der Waals surface area contributed by atoms with E-state index in [4.69, 9.17) is 9.72 Å². The van der Waals surface area contributed by atoms with Crippen LogP contribution in [0.3, 0.4) is 0 Å². The monoisotopic (exact) mass is 315 g/mol. The number of nitrogens with zero attached hydrogens (tertiary/aromatic N) is 5.